The number of carbonyl (C=O) groups is 1. The van der Waals surface area contributed by atoms with Gasteiger partial charge in [-0.05, 0) is 11.5 Å². The summed E-state index contributed by atoms with van der Waals surface area (Å²) in [5, 5.41) is 3.24. The molecule has 0 saturated heterocycles. The molecule has 2 nitrogen and oxygen atoms in total. The first-order chi connectivity index (χ1) is 8.90. The van der Waals surface area contributed by atoms with Crippen LogP contribution in [0, 0.1) is 11.3 Å². The molecule has 0 spiro atoms. The molecule has 0 aliphatic heterocycles. The minimum absolute atomic E-state index is 0.114. The third-order valence-electron chi connectivity index (χ3n) is 3.65. The first-order valence-corrected chi connectivity index (χ1v) is 7.26. The van der Waals surface area contributed by atoms with Crippen LogP contribution in [0.5, 0.6) is 0 Å². The molecule has 1 unspecified atom stereocenters. The molecule has 1 rings (SSSR count). The Hall–Kier alpha value is -1.31. The third-order valence-corrected chi connectivity index (χ3v) is 3.65. The van der Waals surface area contributed by atoms with Crippen molar-refractivity contribution in [3.8, 4) is 0 Å². The number of benzene rings is 1. The summed E-state index contributed by atoms with van der Waals surface area (Å²) in [7, 11) is 0. The molecule has 0 aliphatic rings. The zero-order valence-corrected chi connectivity index (χ0v) is 12.9. The largest absolute Gasteiger partial charge is 0.349 e. The molecule has 0 radical (unpaired) electrons. The summed E-state index contributed by atoms with van der Waals surface area (Å²) in [6.45, 7) is 10.2. The second kappa shape index (κ2) is 6.74. The van der Waals surface area contributed by atoms with Crippen LogP contribution in [-0.4, -0.2) is 5.91 Å². The van der Waals surface area contributed by atoms with Crippen LogP contribution < -0.4 is 5.32 Å². The van der Waals surface area contributed by atoms with Crippen LogP contribution in [-0.2, 0) is 4.79 Å². The molecule has 106 valence electrons. The Kier molecular flexibility index (Phi) is 5.59. The van der Waals surface area contributed by atoms with E-state index in [1.165, 1.54) is 5.56 Å². The molecule has 1 aromatic rings. The molecule has 0 bridgehead atoms. The topological polar surface area (TPSA) is 29.1 Å². The van der Waals surface area contributed by atoms with Gasteiger partial charge in [-0.1, -0.05) is 77.8 Å². The molecular formula is C17H27NO. The van der Waals surface area contributed by atoms with Gasteiger partial charge in [-0.3, -0.25) is 4.79 Å². The van der Waals surface area contributed by atoms with Gasteiger partial charge in [-0.25, -0.2) is 0 Å². The van der Waals surface area contributed by atoms with Crippen molar-refractivity contribution in [1.29, 1.82) is 0 Å². The van der Waals surface area contributed by atoms with E-state index in [-0.39, 0.29) is 17.4 Å². The van der Waals surface area contributed by atoms with Crippen LogP contribution in [0.1, 0.15) is 59.1 Å². The molecule has 0 saturated carbocycles. The van der Waals surface area contributed by atoms with E-state index in [1.54, 1.807) is 0 Å². The summed E-state index contributed by atoms with van der Waals surface area (Å²) < 4.78 is 0. The minimum atomic E-state index is -0.348. The van der Waals surface area contributed by atoms with Gasteiger partial charge in [-0.15, -0.1) is 0 Å². The molecule has 0 heterocycles. The summed E-state index contributed by atoms with van der Waals surface area (Å²) in [6, 6.07) is 10.4. The lowest BCUT2D eigenvalue weighted by Crippen LogP contribution is -2.40. The van der Waals surface area contributed by atoms with Crippen LogP contribution in [0.3, 0.4) is 0 Å². The molecule has 1 N–H and O–H groups in total. The van der Waals surface area contributed by atoms with Gasteiger partial charge in [0.05, 0.1) is 6.04 Å². The van der Waals surface area contributed by atoms with Gasteiger partial charge in [-0.2, -0.15) is 0 Å². The first-order valence-electron chi connectivity index (χ1n) is 7.26. The molecule has 0 aromatic heterocycles. The normalized spacial score (nSPS) is 13.4. The van der Waals surface area contributed by atoms with Crippen molar-refractivity contribution in [3.05, 3.63) is 35.9 Å². The predicted molar refractivity (Wildman–Crippen MR) is 80.9 cm³/mol. The Morgan fingerprint density at radius 3 is 2.05 bits per heavy atom. The molecule has 0 aliphatic carbocycles. The lowest BCUT2D eigenvalue weighted by atomic mass is 9.87. The van der Waals surface area contributed by atoms with Crippen molar-refractivity contribution in [3.63, 3.8) is 0 Å². The lowest BCUT2D eigenvalue weighted by Gasteiger charge is -2.30. The number of carbonyl (C=O) groups excluding carboxylic acids is 1. The van der Waals surface area contributed by atoms with Crippen molar-refractivity contribution in [2.75, 3.05) is 0 Å². The molecule has 2 heteroatoms. The zero-order chi connectivity index (χ0) is 14.5. The van der Waals surface area contributed by atoms with E-state index in [1.807, 2.05) is 39.0 Å². The second-order valence-electron chi connectivity index (χ2n) is 6.19. The van der Waals surface area contributed by atoms with Crippen LogP contribution in [0.4, 0.5) is 0 Å². The zero-order valence-electron chi connectivity index (χ0n) is 12.9. The van der Waals surface area contributed by atoms with Crippen LogP contribution in [0.2, 0.25) is 0 Å². The average Bonchev–Trinajstić information content (AvgIpc) is 2.38. The fourth-order valence-corrected chi connectivity index (χ4v) is 2.25. The maximum atomic E-state index is 12.3. The molecule has 1 aromatic carbocycles. The van der Waals surface area contributed by atoms with Gasteiger partial charge in [0.2, 0.25) is 5.91 Å². The summed E-state index contributed by atoms with van der Waals surface area (Å²) >= 11 is 0. The standard InChI is InChI=1S/C17H27NO/c1-6-13(7-2)15(14-11-9-8-10-12-14)18-16(19)17(3,4)5/h8-13,15H,6-7H2,1-5H3,(H,18,19). The Morgan fingerprint density at radius 1 is 1.11 bits per heavy atom. The van der Waals surface area contributed by atoms with Gasteiger partial charge < -0.3 is 5.32 Å². The summed E-state index contributed by atoms with van der Waals surface area (Å²) in [5.41, 5.74) is 0.854. The molecule has 1 amide bonds. The highest BCUT2D eigenvalue weighted by molar-refractivity contribution is 5.81. The maximum absolute atomic E-state index is 12.3. The molecular weight excluding hydrogens is 234 g/mol. The first kappa shape index (κ1) is 15.7. The highest BCUT2D eigenvalue weighted by Gasteiger charge is 2.27. The molecule has 0 fully saturated rings. The number of nitrogens with one attached hydrogen (secondary N) is 1. The van der Waals surface area contributed by atoms with Gasteiger partial charge >= 0.3 is 0 Å². The second-order valence-corrected chi connectivity index (χ2v) is 6.19. The van der Waals surface area contributed by atoms with Gasteiger partial charge in [0, 0.05) is 5.41 Å². The van der Waals surface area contributed by atoms with Crippen molar-refractivity contribution >= 4 is 5.91 Å². The SMILES string of the molecule is CCC(CC)C(NC(=O)C(C)(C)C)c1ccccc1. The monoisotopic (exact) mass is 261 g/mol. The third kappa shape index (κ3) is 4.38. The van der Waals surface area contributed by atoms with E-state index in [0.29, 0.717) is 5.92 Å². The van der Waals surface area contributed by atoms with Crippen LogP contribution >= 0.6 is 0 Å². The van der Waals surface area contributed by atoms with E-state index < -0.39 is 0 Å². The maximum Gasteiger partial charge on any atom is 0.225 e. The summed E-state index contributed by atoms with van der Waals surface area (Å²) in [5.74, 6) is 0.599. The van der Waals surface area contributed by atoms with Crippen molar-refractivity contribution in [2.45, 2.75) is 53.5 Å². The van der Waals surface area contributed by atoms with Gasteiger partial charge in [0.25, 0.3) is 0 Å². The fourth-order valence-electron chi connectivity index (χ4n) is 2.25. The van der Waals surface area contributed by atoms with E-state index in [4.69, 9.17) is 0 Å². The van der Waals surface area contributed by atoms with Crippen molar-refractivity contribution in [1.82, 2.24) is 5.32 Å². The van der Waals surface area contributed by atoms with E-state index in [9.17, 15) is 4.79 Å². The molecule has 1 atom stereocenters. The number of hydrogen-bond acceptors (Lipinski definition) is 1. The fraction of sp³-hybridized carbons (Fsp3) is 0.588. The minimum Gasteiger partial charge on any atom is -0.349 e. The van der Waals surface area contributed by atoms with Gasteiger partial charge in [0.15, 0.2) is 0 Å². The number of amides is 1. The molecule has 19 heavy (non-hydrogen) atoms. The number of rotatable bonds is 5. The highest BCUT2D eigenvalue weighted by atomic mass is 16.2. The quantitative estimate of drug-likeness (QED) is 0.840. The van der Waals surface area contributed by atoms with E-state index >= 15 is 0 Å². The van der Waals surface area contributed by atoms with Crippen molar-refractivity contribution < 1.29 is 4.79 Å². The van der Waals surface area contributed by atoms with Crippen LogP contribution in [0.15, 0.2) is 30.3 Å². The highest BCUT2D eigenvalue weighted by Crippen LogP contribution is 2.28. The summed E-state index contributed by atoms with van der Waals surface area (Å²) in [6.07, 6.45) is 2.14. The smallest absolute Gasteiger partial charge is 0.225 e. The van der Waals surface area contributed by atoms with Crippen LogP contribution in [0.25, 0.3) is 0 Å². The number of hydrogen-bond donors (Lipinski definition) is 1. The lowest BCUT2D eigenvalue weighted by molar-refractivity contribution is -0.129. The van der Waals surface area contributed by atoms with Gasteiger partial charge in [0.1, 0.15) is 0 Å². The Bertz CT molecular complexity index is 387. The average molecular weight is 261 g/mol. The Morgan fingerprint density at radius 2 is 1.63 bits per heavy atom. The van der Waals surface area contributed by atoms with E-state index in [0.717, 1.165) is 12.8 Å². The Balaban J connectivity index is 2.97. The predicted octanol–water partition coefficient (Wildman–Crippen LogP) is 4.33. The Labute approximate surface area is 117 Å². The summed E-state index contributed by atoms with van der Waals surface area (Å²) in [4.78, 5) is 12.3. The van der Waals surface area contributed by atoms with E-state index in [2.05, 4.69) is 31.3 Å². The van der Waals surface area contributed by atoms with Crippen molar-refractivity contribution in [2.24, 2.45) is 11.3 Å².